The summed E-state index contributed by atoms with van der Waals surface area (Å²) in [5, 5.41) is 4.07. The van der Waals surface area contributed by atoms with E-state index in [0.29, 0.717) is 0 Å². The molecule has 3 rings (SSSR count). The highest BCUT2D eigenvalue weighted by molar-refractivity contribution is 7.80. The van der Waals surface area contributed by atoms with E-state index < -0.39 is 7.92 Å². The molecule has 0 bridgehead atoms. The van der Waals surface area contributed by atoms with Crippen LogP contribution in [0.1, 0.15) is 18.4 Å². The molecule has 0 heterocycles. The fourth-order valence-electron chi connectivity index (χ4n) is 2.89. The standard InChI is InChI=1S/C23H25N2P/c24-17-9-10-18-25-19-20-11-7-8-16-23(20)26(21-12-3-1-4-13-21)22-14-5-2-6-15-22/h1-8,11-16,19H,9-10,17-18,24H2. The second kappa shape index (κ2) is 10.0. The topological polar surface area (TPSA) is 38.4 Å². The number of nitrogens with two attached hydrogens (primary N) is 1. The number of hydrogen-bond donors (Lipinski definition) is 1. The van der Waals surface area contributed by atoms with Gasteiger partial charge in [0.05, 0.1) is 0 Å². The highest BCUT2D eigenvalue weighted by Gasteiger charge is 2.18. The maximum atomic E-state index is 5.57. The Kier molecular flexibility index (Phi) is 7.13. The van der Waals surface area contributed by atoms with Crippen molar-refractivity contribution in [3.8, 4) is 0 Å². The van der Waals surface area contributed by atoms with Crippen molar-refractivity contribution in [1.82, 2.24) is 0 Å². The van der Waals surface area contributed by atoms with Gasteiger partial charge in [0.15, 0.2) is 0 Å². The first-order chi connectivity index (χ1) is 12.9. The minimum atomic E-state index is -0.606. The third-order valence-corrected chi connectivity index (χ3v) is 6.70. The fourth-order valence-corrected chi connectivity index (χ4v) is 5.31. The molecule has 0 saturated carbocycles. The van der Waals surface area contributed by atoms with Gasteiger partial charge in [-0.2, -0.15) is 0 Å². The van der Waals surface area contributed by atoms with Crippen molar-refractivity contribution in [2.75, 3.05) is 13.1 Å². The monoisotopic (exact) mass is 360 g/mol. The highest BCUT2D eigenvalue weighted by Crippen LogP contribution is 2.33. The summed E-state index contributed by atoms with van der Waals surface area (Å²) < 4.78 is 0. The summed E-state index contributed by atoms with van der Waals surface area (Å²) in [5.74, 6) is 0. The quantitative estimate of drug-likeness (QED) is 0.372. The van der Waals surface area contributed by atoms with Crippen LogP contribution < -0.4 is 21.6 Å². The minimum absolute atomic E-state index is 0.606. The molecular formula is C23H25N2P. The first-order valence-electron chi connectivity index (χ1n) is 9.09. The van der Waals surface area contributed by atoms with E-state index in [2.05, 4.69) is 89.9 Å². The zero-order valence-corrected chi connectivity index (χ0v) is 15.9. The molecule has 0 aliphatic carbocycles. The Hall–Kier alpha value is -2.28. The molecule has 0 aliphatic heterocycles. The molecule has 0 amide bonds. The summed E-state index contributed by atoms with van der Waals surface area (Å²) in [5.41, 5.74) is 6.77. The normalized spacial score (nSPS) is 11.3. The number of rotatable bonds is 8. The van der Waals surface area contributed by atoms with Crippen LogP contribution in [-0.2, 0) is 0 Å². The Morgan fingerprint density at radius 3 is 1.92 bits per heavy atom. The van der Waals surface area contributed by atoms with Crippen LogP contribution in [0.15, 0.2) is 89.9 Å². The number of hydrogen-bond acceptors (Lipinski definition) is 2. The van der Waals surface area contributed by atoms with Crippen LogP contribution in [-0.4, -0.2) is 19.3 Å². The van der Waals surface area contributed by atoms with Crippen molar-refractivity contribution in [3.63, 3.8) is 0 Å². The van der Waals surface area contributed by atoms with Crippen molar-refractivity contribution in [3.05, 3.63) is 90.5 Å². The Balaban J connectivity index is 1.97. The van der Waals surface area contributed by atoms with Gasteiger partial charge in [0.25, 0.3) is 0 Å². The maximum absolute atomic E-state index is 5.57. The van der Waals surface area contributed by atoms with E-state index >= 15 is 0 Å². The molecule has 0 aliphatic rings. The van der Waals surface area contributed by atoms with Crippen LogP contribution in [0.25, 0.3) is 0 Å². The van der Waals surface area contributed by atoms with Gasteiger partial charge in [-0.1, -0.05) is 84.9 Å². The average Bonchev–Trinajstić information content (AvgIpc) is 2.71. The summed E-state index contributed by atoms with van der Waals surface area (Å²) in [4.78, 5) is 4.64. The van der Waals surface area contributed by atoms with Crippen LogP contribution in [0.3, 0.4) is 0 Å². The van der Waals surface area contributed by atoms with Gasteiger partial charge in [0.1, 0.15) is 0 Å². The number of nitrogens with zero attached hydrogens (tertiary/aromatic N) is 1. The van der Waals surface area contributed by atoms with E-state index in [9.17, 15) is 0 Å². The molecule has 2 nitrogen and oxygen atoms in total. The third kappa shape index (κ3) is 4.88. The van der Waals surface area contributed by atoms with E-state index in [-0.39, 0.29) is 0 Å². The second-order valence-corrected chi connectivity index (χ2v) is 8.28. The lowest BCUT2D eigenvalue weighted by Crippen LogP contribution is -2.23. The molecule has 0 fully saturated rings. The molecule has 26 heavy (non-hydrogen) atoms. The van der Waals surface area contributed by atoms with E-state index in [4.69, 9.17) is 5.73 Å². The Morgan fingerprint density at radius 2 is 1.31 bits per heavy atom. The lowest BCUT2D eigenvalue weighted by molar-refractivity contribution is 0.757. The maximum Gasteiger partial charge on any atom is 0.0390 e. The molecular weight excluding hydrogens is 335 g/mol. The summed E-state index contributed by atoms with van der Waals surface area (Å²) in [6.07, 6.45) is 4.11. The van der Waals surface area contributed by atoms with Crippen LogP contribution >= 0.6 is 7.92 Å². The summed E-state index contributed by atoms with van der Waals surface area (Å²) in [6.45, 7) is 1.57. The van der Waals surface area contributed by atoms with Gasteiger partial charge in [0.2, 0.25) is 0 Å². The predicted octanol–water partition coefficient (Wildman–Crippen LogP) is 3.60. The summed E-state index contributed by atoms with van der Waals surface area (Å²) >= 11 is 0. The molecule has 3 aromatic carbocycles. The van der Waals surface area contributed by atoms with Crippen molar-refractivity contribution < 1.29 is 0 Å². The van der Waals surface area contributed by atoms with Gasteiger partial charge in [0, 0.05) is 18.3 Å². The van der Waals surface area contributed by atoms with Gasteiger partial charge in [-0.05, 0) is 43.2 Å². The molecule has 2 N–H and O–H groups in total. The van der Waals surface area contributed by atoms with E-state index in [1.54, 1.807) is 0 Å². The Morgan fingerprint density at radius 1 is 0.731 bits per heavy atom. The fraction of sp³-hybridized carbons (Fsp3) is 0.174. The van der Waals surface area contributed by atoms with Gasteiger partial charge in [-0.3, -0.25) is 4.99 Å². The first-order valence-corrected chi connectivity index (χ1v) is 10.4. The number of benzene rings is 3. The average molecular weight is 360 g/mol. The largest absolute Gasteiger partial charge is 0.330 e. The zero-order chi connectivity index (χ0) is 18.0. The van der Waals surface area contributed by atoms with Gasteiger partial charge in [-0.15, -0.1) is 0 Å². The van der Waals surface area contributed by atoms with Gasteiger partial charge < -0.3 is 5.73 Å². The molecule has 0 atom stereocenters. The minimum Gasteiger partial charge on any atom is -0.330 e. The van der Waals surface area contributed by atoms with E-state index in [1.165, 1.54) is 21.5 Å². The van der Waals surface area contributed by atoms with E-state index in [0.717, 1.165) is 25.9 Å². The number of aliphatic imine (C=N–C) groups is 1. The van der Waals surface area contributed by atoms with E-state index in [1.807, 2.05) is 6.21 Å². The van der Waals surface area contributed by atoms with Crippen LogP contribution in [0.2, 0.25) is 0 Å². The number of unbranched alkanes of at least 4 members (excludes halogenated alkanes) is 1. The van der Waals surface area contributed by atoms with Gasteiger partial charge >= 0.3 is 0 Å². The van der Waals surface area contributed by atoms with Crippen LogP contribution in [0.4, 0.5) is 0 Å². The second-order valence-electron chi connectivity index (χ2n) is 6.10. The van der Waals surface area contributed by atoms with Crippen LogP contribution in [0, 0.1) is 0 Å². The molecule has 132 valence electrons. The highest BCUT2D eigenvalue weighted by atomic mass is 31.1. The first kappa shape index (κ1) is 18.5. The predicted molar refractivity (Wildman–Crippen MR) is 116 cm³/mol. The smallest absolute Gasteiger partial charge is 0.0390 e. The zero-order valence-electron chi connectivity index (χ0n) is 15.0. The summed E-state index contributed by atoms with van der Waals surface area (Å²) in [6, 6.07) is 30.2. The van der Waals surface area contributed by atoms with Crippen LogP contribution in [0.5, 0.6) is 0 Å². The molecule has 0 aromatic heterocycles. The van der Waals surface area contributed by atoms with Crippen molar-refractivity contribution >= 4 is 30.0 Å². The third-order valence-electron chi connectivity index (χ3n) is 4.18. The van der Waals surface area contributed by atoms with Crippen molar-refractivity contribution in [1.29, 1.82) is 0 Å². The molecule has 3 heteroatoms. The molecule has 0 spiro atoms. The lowest BCUT2D eigenvalue weighted by Gasteiger charge is -2.21. The van der Waals surface area contributed by atoms with Crippen molar-refractivity contribution in [2.24, 2.45) is 10.7 Å². The molecule has 0 unspecified atom stereocenters. The SMILES string of the molecule is NCCCCN=Cc1ccccc1P(c1ccccc1)c1ccccc1. The molecule has 0 radical (unpaired) electrons. The Labute approximate surface area is 157 Å². The van der Waals surface area contributed by atoms with Gasteiger partial charge in [-0.25, -0.2) is 0 Å². The Bertz CT molecular complexity index is 776. The summed E-state index contributed by atoms with van der Waals surface area (Å²) in [7, 11) is -0.606. The molecule has 3 aromatic rings. The lowest BCUT2D eigenvalue weighted by atomic mass is 10.2. The molecule has 0 saturated heterocycles. The van der Waals surface area contributed by atoms with Crippen molar-refractivity contribution in [2.45, 2.75) is 12.8 Å².